The number of nitrogens with zero attached hydrogens (tertiary/aromatic N) is 1. The van der Waals surface area contributed by atoms with Crippen LogP contribution in [-0.4, -0.2) is 36.7 Å². The molecule has 0 aromatic rings. The van der Waals surface area contributed by atoms with E-state index in [-0.39, 0.29) is 0 Å². The summed E-state index contributed by atoms with van der Waals surface area (Å²) < 4.78 is 5.69. The van der Waals surface area contributed by atoms with Crippen molar-refractivity contribution in [2.45, 2.75) is 44.8 Å². The average Bonchev–Trinajstić information content (AvgIpc) is 2.77. The lowest BCUT2D eigenvalue weighted by Crippen LogP contribution is -2.39. The number of rotatable bonds is 2. The molecular formula is C10H19NO. The van der Waals surface area contributed by atoms with Crippen LogP contribution in [0.2, 0.25) is 0 Å². The van der Waals surface area contributed by atoms with Crippen LogP contribution in [0.15, 0.2) is 0 Å². The predicted molar refractivity (Wildman–Crippen MR) is 49.2 cm³/mol. The van der Waals surface area contributed by atoms with Gasteiger partial charge in [0.25, 0.3) is 0 Å². The molecule has 0 amide bonds. The first-order valence-electron chi connectivity index (χ1n) is 5.23. The van der Waals surface area contributed by atoms with E-state index >= 15 is 0 Å². The molecule has 0 aliphatic carbocycles. The maximum atomic E-state index is 5.69. The van der Waals surface area contributed by atoms with E-state index < -0.39 is 0 Å². The molecule has 0 bridgehead atoms. The number of hydrogen-bond donors (Lipinski definition) is 0. The van der Waals surface area contributed by atoms with Crippen molar-refractivity contribution < 1.29 is 4.74 Å². The van der Waals surface area contributed by atoms with Crippen LogP contribution in [0, 0.1) is 0 Å². The van der Waals surface area contributed by atoms with E-state index in [0.717, 1.165) is 6.61 Å². The summed E-state index contributed by atoms with van der Waals surface area (Å²) in [5.41, 5.74) is 0. The van der Waals surface area contributed by atoms with Gasteiger partial charge < -0.3 is 4.74 Å². The lowest BCUT2D eigenvalue weighted by Gasteiger charge is -2.28. The van der Waals surface area contributed by atoms with Crippen molar-refractivity contribution in [2.75, 3.05) is 19.7 Å². The Morgan fingerprint density at radius 2 is 2.00 bits per heavy atom. The summed E-state index contributed by atoms with van der Waals surface area (Å²) in [5, 5.41) is 0. The van der Waals surface area contributed by atoms with Crippen LogP contribution in [0.4, 0.5) is 0 Å². The largest absolute Gasteiger partial charge is 0.377 e. The van der Waals surface area contributed by atoms with E-state index in [4.69, 9.17) is 4.74 Å². The Morgan fingerprint density at radius 1 is 1.25 bits per heavy atom. The molecule has 2 rings (SSSR count). The Labute approximate surface area is 74.9 Å². The van der Waals surface area contributed by atoms with Gasteiger partial charge in [0.1, 0.15) is 0 Å². The predicted octanol–water partition coefficient (Wildman–Crippen LogP) is 1.65. The topological polar surface area (TPSA) is 12.5 Å². The minimum Gasteiger partial charge on any atom is -0.377 e. The minimum atomic E-state index is 0.531. The Balaban J connectivity index is 1.84. The first-order chi connectivity index (χ1) is 5.88. The second-order valence-electron chi connectivity index (χ2n) is 4.04. The van der Waals surface area contributed by atoms with Crippen LogP contribution in [-0.2, 0) is 4.74 Å². The van der Waals surface area contributed by atoms with Crippen molar-refractivity contribution in [3.05, 3.63) is 0 Å². The highest BCUT2D eigenvalue weighted by molar-refractivity contribution is 4.81. The highest BCUT2D eigenvalue weighted by Crippen LogP contribution is 2.22. The number of hydrogen-bond acceptors (Lipinski definition) is 2. The van der Waals surface area contributed by atoms with E-state index in [2.05, 4.69) is 11.8 Å². The van der Waals surface area contributed by atoms with Gasteiger partial charge in [-0.15, -0.1) is 0 Å². The van der Waals surface area contributed by atoms with Crippen LogP contribution < -0.4 is 0 Å². The van der Waals surface area contributed by atoms with Crippen molar-refractivity contribution in [3.8, 4) is 0 Å². The summed E-state index contributed by atoms with van der Waals surface area (Å²) in [7, 11) is 0. The summed E-state index contributed by atoms with van der Waals surface area (Å²) in [6.45, 7) is 5.90. The molecule has 0 spiro atoms. The summed E-state index contributed by atoms with van der Waals surface area (Å²) in [6, 6.07) is 0.662. The van der Waals surface area contributed by atoms with Gasteiger partial charge in [0.15, 0.2) is 0 Å². The molecule has 2 heterocycles. The van der Waals surface area contributed by atoms with Crippen LogP contribution >= 0.6 is 0 Å². The number of likely N-dealkylation sites (tertiary alicyclic amines) is 1. The third-order valence-corrected chi connectivity index (χ3v) is 3.22. The van der Waals surface area contributed by atoms with Crippen LogP contribution in [0.1, 0.15) is 32.6 Å². The molecule has 2 fully saturated rings. The van der Waals surface area contributed by atoms with E-state index in [1.807, 2.05) is 0 Å². The van der Waals surface area contributed by atoms with Crippen LogP contribution in [0.5, 0.6) is 0 Å². The molecule has 0 saturated carbocycles. The number of ether oxygens (including phenoxy) is 1. The van der Waals surface area contributed by atoms with Crippen molar-refractivity contribution in [2.24, 2.45) is 0 Å². The normalized spacial score (nSPS) is 34.2. The van der Waals surface area contributed by atoms with Crippen LogP contribution in [0.3, 0.4) is 0 Å². The van der Waals surface area contributed by atoms with Gasteiger partial charge >= 0.3 is 0 Å². The van der Waals surface area contributed by atoms with Crippen LogP contribution in [0.25, 0.3) is 0 Å². The molecule has 2 atom stereocenters. The maximum absolute atomic E-state index is 5.69. The fraction of sp³-hybridized carbons (Fsp3) is 1.00. The molecule has 0 aromatic heterocycles. The zero-order valence-electron chi connectivity index (χ0n) is 7.96. The van der Waals surface area contributed by atoms with Gasteiger partial charge in [0.2, 0.25) is 0 Å². The van der Waals surface area contributed by atoms with Crippen molar-refractivity contribution in [1.82, 2.24) is 4.90 Å². The molecule has 12 heavy (non-hydrogen) atoms. The van der Waals surface area contributed by atoms with E-state index in [1.165, 1.54) is 38.8 Å². The van der Waals surface area contributed by atoms with Crippen molar-refractivity contribution in [1.29, 1.82) is 0 Å². The Bertz CT molecular complexity index is 121. The molecule has 2 heteroatoms. The Morgan fingerprint density at radius 3 is 2.58 bits per heavy atom. The Kier molecular flexibility index (Phi) is 2.66. The molecular weight excluding hydrogens is 150 g/mol. The molecule has 2 nitrogen and oxygen atoms in total. The second-order valence-corrected chi connectivity index (χ2v) is 4.04. The zero-order valence-corrected chi connectivity index (χ0v) is 7.96. The smallest absolute Gasteiger partial charge is 0.0728 e. The third-order valence-electron chi connectivity index (χ3n) is 3.22. The summed E-state index contributed by atoms with van der Waals surface area (Å²) in [6.07, 6.45) is 5.84. The average molecular weight is 169 g/mol. The molecule has 2 aliphatic heterocycles. The van der Waals surface area contributed by atoms with E-state index in [1.54, 1.807) is 0 Å². The van der Waals surface area contributed by atoms with Gasteiger partial charge in [-0.1, -0.05) is 0 Å². The quantitative estimate of drug-likeness (QED) is 0.623. The van der Waals surface area contributed by atoms with E-state index in [9.17, 15) is 0 Å². The monoisotopic (exact) mass is 169 g/mol. The highest BCUT2D eigenvalue weighted by Gasteiger charge is 2.28. The SMILES string of the molecule is CC(C1CCCO1)N1CCCC1. The van der Waals surface area contributed by atoms with Gasteiger partial charge in [0, 0.05) is 12.6 Å². The fourth-order valence-electron chi connectivity index (χ4n) is 2.37. The van der Waals surface area contributed by atoms with Gasteiger partial charge in [-0.25, -0.2) is 0 Å². The fourth-order valence-corrected chi connectivity index (χ4v) is 2.37. The van der Waals surface area contributed by atoms with E-state index in [0.29, 0.717) is 12.1 Å². The van der Waals surface area contributed by atoms with Gasteiger partial charge in [-0.3, -0.25) is 4.90 Å². The lowest BCUT2D eigenvalue weighted by molar-refractivity contribution is 0.0407. The zero-order chi connectivity index (χ0) is 8.39. The molecule has 70 valence electrons. The van der Waals surface area contributed by atoms with Gasteiger partial charge in [0.05, 0.1) is 6.10 Å². The highest BCUT2D eigenvalue weighted by atomic mass is 16.5. The molecule has 2 aliphatic rings. The first-order valence-corrected chi connectivity index (χ1v) is 5.23. The van der Waals surface area contributed by atoms with Gasteiger partial charge in [-0.2, -0.15) is 0 Å². The molecule has 2 unspecified atom stereocenters. The molecule has 0 aromatic carbocycles. The Hall–Kier alpha value is -0.0800. The van der Waals surface area contributed by atoms with Crippen molar-refractivity contribution >= 4 is 0 Å². The van der Waals surface area contributed by atoms with Crippen molar-refractivity contribution in [3.63, 3.8) is 0 Å². The minimum absolute atomic E-state index is 0.531. The summed E-state index contributed by atoms with van der Waals surface area (Å²) in [4.78, 5) is 2.58. The maximum Gasteiger partial charge on any atom is 0.0728 e. The second kappa shape index (κ2) is 3.75. The molecule has 0 N–H and O–H groups in total. The lowest BCUT2D eigenvalue weighted by atomic mass is 10.1. The van der Waals surface area contributed by atoms with Gasteiger partial charge in [-0.05, 0) is 45.7 Å². The first kappa shape index (κ1) is 8.52. The molecule has 0 radical (unpaired) electrons. The standard InChI is InChI=1S/C10H19NO/c1-9(10-5-4-8-12-10)11-6-2-3-7-11/h9-10H,2-8H2,1H3. The third kappa shape index (κ3) is 1.64. The summed E-state index contributed by atoms with van der Waals surface area (Å²) in [5.74, 6) is 0. The summed E-state index contributed by atoms with van der Waals surface area (Å²) >= 11 is 0. The molecule has 2 saturated heterocycles.